The summed E-state index contributed by atoms with van der Waals surface area (Å²) in [7, 11) is 0. The van der Waals surface area contributed by atoms with Crippen LogP contribution in [0.4, 0.5) is 5.69 Å². The molecule has 1 aromatic heterocycles. The minimum Gasteiger partial charge on any atom is -0.480 e. The molecule has 0 atom stereocenters. The van der Waals surface area contributed by atoms with Crippen LogP contribution >= 0.6 is 46.6 Å². The Morgan fingerprint density at radius 1 is 1.17 bits per heavy atom. The molecule has 0 unspecified atom stereocenters. The average molecular weight is 565 g/mol. The van der Waals surface area contributed by atoms with Gasteiger partial charge in [-0.2, -0.15) is 4.68 Å². The third-order valence-electron chi connectivity index (χ3n) is 5.38. The molecule has 0 radical (unpaired) electrons. The Balaban J connectivity index is 1.41. The molecule has 0 bridgehead atoms. The average Bonchev–Trinajstić information content (AvgIpc) is 3.56. The van der Waals surface area contributed by atoms with Crippen molar-refractivity contribution >= 4 is 64.1 Å². The molecule has 186 valence electrons. The number of nitrogens with zero attached hydrogens (tertiary/aromatic N) is 4. The second-order valence-corrected chi connectivity index (χ2v) is 10.8. The zero-order valence-electron chi connectivity index (χ0n) is 19.2. The first-order chi connectivity index (χ1) is 17.0. The van der Waals surface area contributed by atoms with Crippen LogP contribution in [0.15, 0.2) is 35.5 Å². The van der Waals surface area contributed by atoms with Gasteiger partial charge in [0.2, 0.25) is 11.1 Å². The largest absolute Gasteiger partial charge is 0.480 e. The van der Waals surface area contributed by atoms with Crippen molar-refractivity contribution < 1.29 is 14.7 Å². The molecule has 0 aliphatic heterocycles. The Hall–Kier alpha value is -2.77. The van der Waals surface area contributed by atoms with Crippen LogP contribution in [0.25, 0.3) is 5.69 Å². The molecule has 1 fully saturated rings. The third-order valence-corrected chi connectivity index (χ3v) is 7.24. The van der Waals surface area contributed by atoms with Gasteiger partial charge in [-0.1, -0.05) is 58.4 Å². The lowest BCUT2D eigenvalue weighted by Gasteiger charge is -2.11. The molecule has 1 aliphatic carbocycles. The predicted molar refractivity (Wildman–Crippen MR) is 140 cm³/mol. The SMILES string of the molecule is CC(C)(C#Cc1ccc(NC(=O)CSc2nnnn2-c2cc(Cl)c(C3CC3)cc2Cl)c(Cl)c1)C(=O)O. The van der Waals surface area contributed by atoms with Crippen LogP contribution in [0.5, 0.6) is 0 Å². The number of hydrogen-bond acceptors (Lipinski definition) is 6. The molecule has 1 amide bonds. The van der Waals surface area contributed by atoms with Gasteiger partial charge in [-0.3, -0.25) is 9.59 Å². The number of tetrazole rings is 1. The van der Waals surface area contributed by atoms with Crippen molar-refractivity contribution in [2.75, 3.05) is 11.1 Å². The molecule has 4 rings (SSSR count). The Kier molecular flexibility index (Phi) is 7.81. The van der Waals surface area contributed by atoms with Crippen LogP contribution < -0.4 is 5.32 Å². The summed E-state index contributed by atoms with van der Waals surface area (Å²) in [6, 6.07) is 8.40. The number of carbonyl (C=O) groups is 2. The van der Waals surface area contributed by atoms with E-state index in [1.807, 2.05) is 6.07 Å². The summed E-state index contributed by atoms with van der Waals surface area (Å²) in [5.41, 5.74) is 1.29. The van der Waals surface area contributed by atoms with E-state index in [0.29, 0.717) is 38.1 Å². The highest BCUT2D eigenvalue weighted by Gasteiger charge is 2.27. The smallest absolute Gasteiger partial charge is 0.321 e. The molecule has 36 heavy (non-hydrogen) atoms. The van der Waals surface area contributed by atoms with Crippen LogP contribution in [0.1, 0.15) is 43.7 Å². The first kappa shape index (κ1) is 26.3. The number of amides is 1. The summed E-state index contributed by atoms with van der Waals surface area (Å²) in [5, 5.41) is 25.3. The van der Waals surface area contributed by atoms with E-state index in [1.165, 1.54) is 18.5 Å². The normalized spacial score (nSPS) is 13.1. The van der Waals surface area contributed by atoms with Gasteiger partial charge in [-0.05, 0) is 78.9 Å². The fraction of sp³-hybridized carbons (Fsp3) is 0.292. The number of hydrogen-bond donors (Lipinski definition) is 2. The Morgan fingerprint density at radius 3 is 2.58 bits per heavy atom. The molecular formula is C24H20Cl3N5O3S. The number of carboxylic acid groups (broad SMARTS) is 1. The Labute approximate surface area is 226 Å². The molecule has 1 heterocycles. The lowest BCUT2D eigenvalue weighted by molar-refractivity contribution is -0.143. The zero-order valence-corrected chi connectivity index (χ0v) is 22.3. The first-order valence-corrected chi connectivity index (χ1v) is 12.9. The monoisotopic (exact) mass is 563 g/mol. The van der Waals surface area contributed by atoms with Crippen LogP contribution in [0.2, 0.25) is 15.1 Å². The molecule has 0 spiro atoms. The number of benzene rings is 2. The van der Waals surface area contributed by atoms with E-state index in [0.717, 1.165) is 30.2 Å². The first-order valence-electron chi connectivity index (χ1n) is 10.8. The van der Waals surface area contributed by atoms with Crippen LogP contribution in [0, 0.1) is 17.3 Å². The van der Waals surface area contributed by atoms with E-state index in [1.54, 1.807) is 24.3 Å². The van der Waals surface area contributed by atoms with Gasteiger partial charge >= 0.3 is 5.97 Å². The molecule has 2 aromatic carbocycles. The molecule has 1 saturated carbocycles. The Bertz CT molecular complexity index is 1410. The lowest BCUT2D eigenvalue weighted by atomic mass is 9.94. The molecule has 1 aliphatic rings. The standard InChI is InChI=1S/C24H20Cl3N5O3S/c1-24(2,22(34)35)8-7-13-3-6-19(17(26)9-13)28-21(33)12-36-23-29-30-31-32(23)20-11-16(25)15(10-18(20)27)14-4-5-14/h3,6,9-11,14H,4-5,12H2,1-2H3,(H,28,33)(H,34,35). The molecule has 8 nitrogen and oxygen atoms in total. The maximum absolute atomic E-state index is 12.6. The summed E-state index contributed by atoms with van der Waals surface area (Å²) < 4.78 is 1.45. The number of carbonyl (C=O) groups excluding carboxylic acids is 1. The molecule has 3 aromatic rings. The third kappa shape index (κ3) is 6.13. The number of rotatable bonds is 7. The van der Waals surface area contributed by atoms with Crippen LogP contribution in [-0.4, -0.2) is 42.9 Å². The molecule has 12 heteroatoms. The zero-order chi connectivity index (χ0) is 26.0. The van der Waals surface area contributed by atoms with Crippen molar-refractivity contribution in [3.63, 3.8) is 0 Å². The van der Waals surface area contributed by atoms with Gasteiger partial charge in [0.05, 0.1) is 27.2 Å². The fourth-order valence-corrected chi connectivity index (χ4v) is 4.61. The van der Waals surface area contributed by atoms with Gasteiger partial charge in [-0.15, -0.1) is 5.10 Å². The van der Waals surface area contributed by atoms with E-state index in [-0.39, 0.29) is 16.7 Å². The van der Waals surface area contributed by atoms with E-state index < -0.39 is 11.4 Å². The molecular weight excluding hydrogens is 545 g/mol. The fourth-order valence-electron chi connectivity index (χ4n) is 3.13. The van der Waals surface area contributed by atoms with Crippen molar-refractivity contribution in [2.45, 2.75) is 37.8 Å². The summed E-state index contributed by atoms with van der Waals surface area (Å²) >= 11 is 20.4. The van der Waals surface area contributed by atoms with E-state index in [4.69, 9.17) is 34.8 Å². The summed E-state index contributed by atoms with van der Waals surface area (Å²) in [4.78, 5) is 23.8. The van der Waals surface area contributed by atoms with Gasteiger partial charge in [0.1, 0.15) is 5.41 Å². The number of aliphatic carboxylic acids is 1. The van der Waals surface area contributed by atoms with E-state index in [9.17, 15) is 14.7 Å². The number of nitrogens with one attached hydrogen (secondary N) is 1. The Morgan fingerprint density at radius 2 is 1.92 bits per heavy atom. The number of halogens is 3. The second-order valence-electron chi connectivity index (χ2n) is 8.68. The molecule has 2 N–H and O–H groups in total. The number of aromatic nitrogens is 4. The summed E-state index contributed by atoms with van der Waals surface area (Å²) in [6.45, 7) is 3.02. The summed E-state index contributed by atoms with van der Waals surface area (Å²) in [5.74, 6) is 4.61. The minimum absolute atomic E-state index is 0.0105. The van der Waals surface area contributed by atoms with Crippen molar-refractivity contribution in [1.29, 1.82) is 0 Å². The minimum atomic E-state index is -1.19. The van der Waals surface area contributed by atoms with Crippen molar-refractivity contribution in [3.8, 4) is 17.5 Å². The predicted octanol–water partition coefficient (Wildman–Crippen LogP) is 5.69. The van der Waals surface area contributed by atoms with Crippen molar-refractivity contribution in [3.05, 3.63) is 56.5 Å². The number of carboxylic acids is 1. The highest BCUT2D eigenvalue weighted by molar-refractivity contribution is 7.99. The van der Waals surface area contributed by atoms with Crippen molar-refractivity contribution in [2.24, 2.45) is 5.41 Å². The topological polar surface area (TPSA) is 110 Å². The van der Waals surface area contributed by atoms with Gasteiger partial charge in [-0.25, -0.2) is 0 Å². The number of thioether (sulfide) groups is 1. The van der Waals surface area contributed by atoms with E-state index in [2.05, 4.69) is 32.7 Å². The summed E-state index contributed by atoms with van der Waals surface area (Å²) in [6.07, 6.45) is 2.19. The van der Waals surface area contributed by atoms with Gasteiger partial charge in [0, 0.05) is 10.6 Å². The van der Waals surface area contributed by atoms with Crippen LogP contribution in [-0.2, 0) is 9.59 Å². The molecule has 0 saturated heterocycles. The van der Waals surface area contributed by atoms with E-state index >= 15 is 0 Å². The van der Waals surface area contributed by atoms with Gasteiger partial charge < -0.3 is 10.4 Å². The van der Waals surface area contributed by atoms with Gasteiger partial charge in [0.25, 0.3) is 0 Å². The maximum Gasteiger partial charge on any atom is 0.321 e. The van der Waals surface area contributed by atoms with Crippen LogP contribution in [0.3, 0.4) is 0 Å². The van der Waals surface area contributed by atoms with Crippen molar-refractivity contribution in [1.82, 2.24) is 20.2 Å². The number of anilines is 1. The highest BCUT2D eigenvalue weighted by atomic mass is 35.5. The quantitative estimate of drug-likeness (QED) is 0.280. The van der Waals surface area contributed by atoms with Gasteiger partial charge in [0.15, 0.2) is 0 Å². The maximum atomic E-state index is 12.6. The second kappa shape index (κ2) is 10.7. The lowest BCUT2D eigenvalue weighted by Crippen LogP contribution is -2.21. The highest BCUT2D eigenvalue weighted by Crippen LogP contribution is 2.45.